The first-order valence-electron chi connectivity index (χ1n) is 13.0. The lowest BCUT2D eigenvalue weighted by Gasteiger charge is -2.42. The zero-order valence-corrected chi connectivity index (χ0v) is 23.8. The number of esters is 1. The third-order valence-corrected chi connectivity index (χ3v) is 11.1. The van der Waals surface area contributed by atoms with Crippen LogP contribution in [-0.2, 0) is 14.3 Å². The van der Waals surface area contributed by atoms with E-state index in [4.69, 9.17) is 4.74 Å². The normalized spacial score (nSPS) is 25.0. The average Bonchev–Trinajstić information content (AvgIpc) is 3.35. The Hall–Kier alpha value is -2.82. The molecule has 2 aromatic rings. The summed E-state index contributed by atoms with van der Waals surface area (Å²) in [6.45, 7) is 5.92. The molecular weight excluding hydrogens is 536 g/mol. The maximum atomic E-state index is 14.1. The summed E-state index contributed by atoms with van der Waals surface area (Å²) < 4.78 is 5.56. The van der Waals surface area contributed by atoms with Gasteiger partial charge in [0.15, 0.2) is 0 Å². The van der Waals surface area contributed by atoms with Crippen molar-refractivity contribution in [1.82, 2.24) is 10.2 Å². The lowest BCUT2D eigenvalue weighted by molar-refractivity contribution is -0.159. The van der Waals surface area contributed by atoms with Crippen LogP contribution in [0.3, 0.4) is 0 Å². The van der Waals surface area contributed by atoms with E-state index < -0.39 is 51.1 Å². The van der Waals surface area contributed by atoms with Gasteiger partial charge in [-0.3, -0.25) is 24.5 Å². The van der Waals surface area contributed by atoms with E-state index in [2.05, 4.69) is 5.32 Å². The van der Waals surface area contributed by atoms with E-state index in [0.717, 1.165) is 16.4 Å². The highest BCUT2D eigenvalue weighted by Gasteiger charge is 2.63. The molecule has 1 spiro atoms. The summed E-state index contributed by atoms with van der Waals surface area (Å²) in [5.41, 5.74) is 0.530. The van der Waals surface area contributed by atoms with Gasteiger partial charge in [-0.1, -0.05) is 63.2 Å². The fourth-order valence-corrected chi connectivity index (χ4v) is 9.14. The molecule has 39 heavy (non-hydrogen) atoms. The van der Waals surface area contributed by atoms with E-state index in [1.165, 1.54) is 0 Å². The van der Waals surface area contributed by atoms with Gasteiger partial charge in [0.1, 0.15) is 6.04 Å². The van der Waals surface area contributed by atoms with Crippen molar-refractivity contribution in [3.05, 3.63) is 71.3 Å². The van der Waals surface area contributed by atoms with Gasteiger partial charge in [-0.15, -0.1) is 11.8 Å². The summed E-state index contributed by atoms with van der Waals surface area (Å²) in [5, 5.41) is 13.3. The molecule has 8 nitrogen and oxygen atoms in total. The van der Waals surface area contributed by atoms with Crippen LogP contribution in [0.25, 0.3) is 0 Å². The minimum absolute atomic E-state index is 0.166. The number of carbonyl (C=O) groups is 4. The Morgan fingerprint density at radius 3 is 2.13 bits per heavy atom. The molecule has 3 heterocycles. The van der Waals surface area contributed by atoms with Gasteiger partial charge in [0.2, 0.25) is 6.23 Å². The number of fused-ring (bicyclic) bond motifs is 1. The molecule has 0 aliphatic carbocycles. The molecular formula is C29H32N2O6S2. The van der Waals surface area contributed by atoms with Crippen LogP contribution < -0.4 is 5.32 Å². The lowest BCUT2D eigenvalue weighted by Crippen LogP contribution is -2.56. The molecule has 5 rings (SSSR count). The van der Waals surface area contributed by atoms with Gasteiger partial charge in [-0.2, -0.15) is 11.8 Å². The predicted molar refractivity (Wildman–Crippen MR) is 150 cm³/mol. The molecule has 2 fully saturated rings. The largest absolute Gasteiger partial charge is 0.481 e. The molecule has 2 amide bonds. The van der Waals surface area contributed by atoms with Crippen molar-refractivity contribution in [2.45, 2.75) is 61.9 Å². The number of nitrogens with one attached hydrogen (secondary N) is 1. The molecule has 3 aliphatic rings. The number of rotatable bonds is 6. The molecule has 0 aromatic heterocycles. The number of carboxylic acid groups (broad SMARTS) is 1. The zero-order chi connectivity index (χ0) is 28.0. The second kappa shape index (κ2) is 10.3. The number of ether oxygens (including phenoxy) is 1. The number of carboxylic acids is 1. The molecule has 10 heteroatoms. The van der Waals surface area contributed by atoms with Crippen molar-refractivity contribution in [1.29, 1.82) is 0 Å². The van der Waals surface area contributed by atoms with Crippen molar-refractivity contribution in [3.8, 4) is 0 Å². The van der Waals surface area contributed by atoms with Crippen molar-refractivity contribution in [2.75, 3.05) is 11.5 Å². The van der Waals surface area contributed by atoms with E-state index in [1.807, 2.05) is 32.5 Å². The highest BCUT2D eigenvalue weighted by atomic mass is 32.2. The number of hydrogen-bond acceptors (Lipinski definition) is 8. The van der Waals surface area contributed by atoms with Gasteiger partial charge < -0.3 is 9.84 Å². The number of nitrogens with zero attached hydrogens (tertiary/aromatic N) is 1. The molecule has 3 aliphatic heterocycles. The van der Waals surface area contributed by atoms with Gasteiger partial charge >= 0.3 is 11.9 Å². The second-order valence-corrected chi connectivity index (χ2v) is 14.2. The first kappa shape index (κ1) is 27.7. The van der Waals surface area contributed by atoms with Gasteiger partial charge in [0.25, 0.3) is 11.8 Å². The van der Waals surface area contributed by atoms with Crippen molar-refractivity contribution >= 4 is 47.3 Å². The number of hydrogen-bond donors (Lipinski definition) is 2. The molecule has 3 unspecified atom stereocenters. The van der Waals surface area contributed by atoms with Gasteiger partial charge in [0.05, 0.1) is 22.4 Å². The van der Waals surface area contributed by atoms with E-state index in [-0.39, 0.29) is 17.5 Å². The van der Waals surface area contributed by atoms with Gasteiger partial charge in [-0.25, -0.2) is 4.90 Å². The number of aliphatic carboxylic acids is 1. The summed E-state index contributed by atoms with van der Waals surface area (Å²) in [6, 6.07) is 14.5. The first-order valence-corrected chi connectivity index (χ1v) is 14.9. The quantitative estimate of drug-likeness (QED) is 0.378. The summed E-state index contributed by atoms with van der Waals surface area (Å²) >= 11 is 3.35. The van der Waals surface area contributed by atoms with Crippen molar-refractivity contribution < 1.29 is 29.0 Å². The van der Waals surface area contributed by atoms with Crippen LogP contribution in [0.2, 0.25) is 0 Å². The van der Waals surface area contributed by atoms with Gasteiger partial charge in [0, 0.05) is 10.3 Å². The fourth-order valence-electron chi connectivity index (χ4n) is 5.60. The zero-order valence-electron chi connectivity index (χ0n) is 22.1. The Kier molecular flexibility index (Phi) is 7.32. The number of amides is 2. The highest BCUT2D eigenvalue weighted by molar-refractivity contribution is 8.03. The second-order valence-electron chi connectivity index (χ2n) is 11.2. The molecule has 2 saturated heterocycles. The third-order valence-electron chi connectivity index (χ3n) is 7.84. The van der Waals surface area contributed by atoms with Crippen LogP contribution in [0.4, 0.5) is 0 Å². The fraction of sp³-hybridized carbons (Fsp3) is 0.448. The number of imide groups is 1. The van der Waals surface area contributed by atoms with Crippen LogP contribution >= 0.6 is 23.5 Å². The third kappa shape index (κ3) is 4.87. The maximum Gasteiger partial charge on any atom is 0.326 e. The molecule has 206 valence electrons. The summed E-state index contributed by atoms with van der Waals surface area (Å²) in [6.07, 6.45) is -0.0251. The van der Waals surface area contributed by atoms with Crippen LogP contribution in [-0.4, -0.2) is 60.9 Å². The van der Waals surface area contributed by atoms with Crippen LogP contribution in [0.15, 0.2) is 54.6 Å². The Labute approximate surface area is 236 Å². The average molecular weight is 569 g/mol. The topological polar surface area (TPSA) is 113 Å². The first-order chi connectivity index (χ1) is 18.5. The Morgan fingerprint density at radius 2 is 1.59 bits per heavy atom. The smallest absolute Gasteiger partial charge is 0.326 e. The van der Waals surface area contributed by atoms with Crippen LogP contribution in [0.1, 0.15) is 72.5 Å². The monoisotopic (exact) mass is 568 g/mol. The molecule has 0 saturated carbocycles. The van der Waals surface area contributed by atoms with E-state index in [1.54, 1.807) is 66.4 Å². The lowest BCUT2D eigenvalue weighted by atomic mass is 9.82. The van der Waals surface area contributed by atoms with Crippen LogP contribution in [0, 0.1) is 5.41 Å². The van der Waals surface area contributed by atoms with Gasteiger partial charge in [-0.05, 0) is 41.9 Å². The summed E-state index contributed by atoms with van der Waals surface area (Å²) in [5.74, 6) is -0.920. The summed E-state index contributed by atoms with van der Waals surface area (Å²) in [4.78, 5) is 53.1. The minimum Gasteiger partial charge on any atom is -0.481 e. The Bertz CT molecular complexity index is 1270. The Balaban J connectivity index is 1.52. The number of benzene rings is 2. The van der Waals surface area contributed by atoms with E-state index in [0.29, 0.717) is 18.4 Å². The molecule has 0 bridgehead atoms. The molecule has 3 atom stereocenters. The molecule has 0 radical (unpaired) electrons. The summed E-state index contributed by atoms with van der Waals surface area (Å²) in [7, 11) is 0. The standard InChI is InChI=1S/C29H32N2O6S2/c1-27(2,3)29(17-21(32)33)30-22(28(39-29)13-15-38-16-14-28)26(36)37-25(18-9-5-4-6-10-18)31-23(34)19-11-7-8-12-20(19)24(31)35/h4-12,22,25,30H,13-17H2,1-3H3,(H,32,33). The predicted octanol–water partition coefficient (Wildman–Crippen LogP) is 4.71. The van der Waals surface area contributed by atoms with E-state index in [9.17, 15) is 24.3 Å². The molecule has 2 aromatic carbocycles. The maximum absolute atomic E-state index is 14.1. The van der Waals surface area contributed by atoms with Crippen molar-refractivity contribution in [2.24, 2.45) is 5.41 Å². The minimum atomic E-state index is -1.27. The van der Waals surface area contributed by atoms with E-state index >= 15 is 0 Å². The number of thioether (sulfide) groups is 2. The SMILES string of the molecule is CC(C)(C)C1(CC(=O)O)NC(C(=O)OC(c2ccccc2)N2C(=O)c3ccccc3C2=O)C2(CCSCC2)S1. The van der Waals surface area contributed by atoms with Crippen LogP contribution in [0.5, 0.6) is 0 Å². The molecule has 2 N–H and O–H groups in total. The number of carbonyl (C=O) groups excluding carboxylic acids is 3. The highest BCUT2D eigenvalue weighted by Crippen LogP contribution is 2.59. The van der Waals surface area contributed by atoms with Crippen molar-refractivity contribution in [3.63, 3.8) is 0 Å². The Morgan fingerprint density at radius 1 is 1.03 bits per heavy atom.